The fraction of sp³-hybridized carbons (Fsp3) is 0.857. The number of hydrogen-bond donors (Lipinski definition) is 3. The Morgan fingerprint density at radius 1 is 1.32 bits per heavy atom. The van der Waals surface area contributed by atoms with E-state index in [1.807, 2.05) is 20.8 Å². The summed E-state index contributed by atoms with van der Waals surface area (Å²) in [5.74, 6) is -0.993. The van der Waals surface area contributed by atoms with E-state index in [0.29, 0.717) is 0 Å². The first-order valence-corrected chi connectivity index (χ1v) is 6.93. The number of carbonyl (C=O) groups excluding carboxylic acids is 1. The summed E-state index contributed by atoms with van der Waals surface area (Å²) in [6, 6.07) is -0.226. The van der Waals surface area contributed by atoms with Gasteiger partial charge in [-0.05, 0) is 18.3 Å². The number of nitrogens with one attached hydrogen (secondary N) is 1. The lowest BCUT2D eigenvalue weighted by Crippen LogP contribution is -2.50. The zero-order chi connectivity index (χ0) is 14.7. The van der Waals surface area contributed by atoms with Gasteiger partial charge in [0.05, 0.1) is 12.0 Å². The molecule has 1 saturated carbocycles. The standard InChI is InChI=1S/C14H26N2O3/c1-13(2,3)10(15)8-11(17)16-14(9-12(18)19)6-4-5-7-14/h10H,4-9,15H2,1-3H3,(H,16,17)(H,18,19). The van der Waals surface area contributed by atoms with Crippen molar-refractivity contribution >= 4 is 11.9 Å². The van der Waals surface area contributed by atoms with Crippen LogP contribution in [0.3, 0.4) is 0 Å². The first kappa shape index (κ1) is 16.0. The Balaban J connectivity index is 2.60. The number of nitrogens with two attached hydrogens (primary N) is 1. The van der Waals surface area contributed by atoms with E-state index in [0.717, 1.165) is 25.7 Å². The van der Waals surface area contributed by atoms with E-state index in [2.05, 4.69) is 5.32 Å². The first-order chi connectivity index (χ1) is 8.65. The SMILES string of the molecule is CC(C)(C)C(N)CC(=O)NC1(CC(=O)O)CCCC1. The molecule has 0 heterocycles. The Labute approximate surface area is 114 Å². The van der Waals surface area contributed by atoms with Gasteiger partial charge in [0, 0.05) is 12.5 Å². The second-order valence-electron chi connectivity index (χ2n) is 6.78. The summed E-state index contributed by atoms with van der Waals surface area (Å²) in [5.41, 5.74) is 5.31. The highest BCUT2D eigenvalue weighted by Gasteiger charge is 2.38. The minimum absolute atomic E-state index is 0.00347. The highest BCUT2D eigenvalue weighted by atomic mass is 16.4. The molecule has 1 unspecified atom stereocenters. The van der Waals surface area contributed by atoms with Crippen LogP contribution in [0, 0.1) is 5.41 Å². The third kappa shape index (κ3) is 4.82. The summed E-state index contributed by atoms with van der Waals surface area (Å²) in [6.45, 7) is 5.98. The molecule has 110 valence electrons. The van der Waals surface area contributed by atoms with Gasteiger partial charge in [-0.25, -0.2) is 0 Å². The highest BCUT2D eigenvalue weighted by molar-refractivity contribution is 5.79. The Morgan fingerprint density at radius 3 is 2.26 bits per heavy atom. The highest BCUT2D eigenvalue weighted by Crippen LogP contribution is 2.33. The summed E-state index contributed by atoms with van der Waals surface area (Å²) in [7, 11) is 0. The van der Waals surface area contributed by atoms with Crippen molar-refractivity contribution in [3.63, 3.8) is 0 Å². The van der Waals surface area contributed by atoms with Crippen molar-refractivity contribution in [3.8, 4) is 0 Å². The van der Waals surface area contributed by atoms with Gasteiger partial charge >= 0.3 is 5.97 Å². The molecule has 4 N–H and O–H groups in total. The minimum Gasteiger partial charge on any atom is -0.481 e. The quantitative estimate of drug-likeness (QED) is 0.708. The molecule has 5 nitrogen and oxygen atoms in total. The normalized spacial score (nSPS) is 20.0. The van der Waals surface area contributed by atoms with Crippen molar-refractivity contribution in [3.05, 3.63) is 0 Å². The van der Waals surface area contributed by atoms with Crippen LogP contribution in [0.4, 0.5) is 0 Å². The summed E-state index contributed by atoms with van der Waals surface area (Å²) in [4.78, 5) is 23.0. The van der Waals surface area contributed by atoms with Crippen molar-refractivity contribution < 1.29 is 14.7 Å². The Bertz CT molecular complexity index is 341. The number of carboxylic acids is 1. The maximum Gasteiger partial charge on any atom is 0.305 e. The van der Waals surface area contributed by atoms with E-state index in [1.54, 1.807) is 0 Å². The van der Waals surface area contributed by atoms with E-state index in [-0.39, 0.29) is 30.2 Å². The fourth-order valence-electron chi connectivity index (χ4n) is 2.54. The van der Waals surface area contributed by atoms with Crippen molar-refractivity contribution in [2.24, 2.45) is 11.1 Å². The molecule has 0 aromatic carbocycles. The van der Waals surface area contributed by atoms with Crippen LogP contribution in [-0.4, -0.2) is 28.6 Å². The van der Waals surface area contributed by atoms with Gasteiger partial charge in [0.15, 0.2) is 0 Å². The topological polar surface area (TPSA) is 92.4 Å². The molecule has 0 aliphatic heterocycles. The molecule has 5 heteroatoms. The lowest BCUT2D eigenvalue weighted by Gasteiger charge is -2.31. The number of aliphatic carboxylic acids is 1. The second kappa shape index (κ2) is 5.90. The number of carboxylic acid groups (broad SMARTS) is 1. The maximum absolute atomic E-state index is 12.1. The predicted molar refractivity (Wildman–Crippen MR) is 73.6 cm³/mol. The molecular formula is C14H26N2O3. The van der Waals surface area contributed by atoms with Crippen LogP contribution in [0.5, 0.6) is 0 Å². The summed E-state index contributed by atoms with van der Waals surface area (Å²) >= 11 is 0. The fourth-order valence-corrected chi connectivity index (χ4v) is 2.54. The molecule has 1 aliphatic rings. The maximum atomic E-state index is 12.1. The van der Waals surface area contributed by atoms with Crippen LogP contribution in [0.15, 0.2) is 0 Å². The van der Waals surface area contributed by atoms with Crippen LogP contribution in [0.25, 0.3) is 0 Å². The van der Waals surface area contributed by atoms with Crippen LogP contribution < -0.4 is 11.1 Å². The van der Waals surface area contributed by atoms with Gasteiger partial charge in [-0.15, -0.1) is 0 Å². The van der Waals surface area contributed by atoms with Gasteiger partial charge in [0.25, 0.3) is 0 Å². The van der Waals surface area contributed by atoms with E-state index < -0.39 is 11.5 Å². The van der Waals surface area contributed by atoms with E-state index in [1.165, 1.54) is 0 Å². The van der Waals surface area contributed by atoms with E-state index in [4.69, 9.17) is 10.8 Å². The third-order valence-corrected chi connectivity index (χ3v) is 3.97. The van der Waals surface area contributed by atoms with Gasteiger partial charge < -0.3 is 16.2 Å². The molecule has 1 atom stereocenters. The van der Waals surface area contributed by atoms with Gasteiger partial charge in [-0.2, -0.15) is 0 Å². The summed E-state index contributed by atoms with van der Waals surface area (Å²) < 4.78 is 0. The van der Waals surface area contributed by atoms with Crippen molar-refractivity contribution in [1.82, 2.24) is 5.32 Å². The van der Waals surface area contributed by atoms with Crippen LogP contribution in [0.2, 0.25) is 0 Å². The summed E-state index contributed by atoms with van der Waals surface area (Å²) in [5, 5.41) is 11.9. The molecule has 1 aliphatic carbocycles. The zero-order valence-electron chi connectivity index (χ0n) is 12.2. The second-order valence-corrected chi connectivity index (χ2v) is 6.78. The van der Waals surface area contributed by atoms with Crippen molar-refractivity contribution in [2.45, 2.75) is 70.9 Å². The largest absolute Gasteiger partial charge is 0.481 e. The van der Waals surface area contributed by atoms with Gasteiger partial charge in [0.2, 0.25) is 5.91 Å². The van der Waals surface area contributed by atoms with Crippen LogP contribution >= 0.6 is 0 Å². The molecule has 1 amide bonds. The molecule has 1 fully saturated rings. The zero-order valence-corrected chi connectivity index (χ0v) is 12.2. The molecule has 0 spiro atoms. The van der Waals surface area contributed by atoms with E-state index >= 15 is 0 Å². The smallest absolute Gasteiger partial charge is 0.305 e. The third-order valence-electron chi connectivity index (χ3n) is 3.97. The average molecular weight is 270 g/mol. The van der Waals surface area contributed by atoms with Crippen LogP contribution in [-0.2, 0) is 9.59 Å². The first-order valence-electron chi connectivity index (χ1n) is 6.93. The van der Waals surface area contributed by atoms with Crippen molar-refractivity contribution in [2.75, 3.05) is 0 Å². The molecule has 0 aromatic rings. The average Bonchev–Trinajstić information content (AvgIpc) is 2.62. The number of amides is 1. The van der Waals surface area contributed by atoms with Gasteiger partial charge in [-0.1, -0.05) is 33.6 Å². The molecule has 0 radical (unpaired) electrons. The molecule has 1 rings (SSSR count). The molecule has 0 bridgehead atoms. The molecule has 0 aromatic heterocycles. The number of hydrogen-bond acceptors (Lipinski definition) is 3. The monoisotopic (exact) mass is 270 g/mol. The number of carbonyl (C=O) groups is 2. The van der Waals surface area contributed by atoms with E-state index in [9.17, 15) is 9.59 Å². The molecule has 19 heavy (non-hydrogen) atoms. The lowest BCUT2D eigenvalue weighted by molar-refractivity contribution is -0.139. The molecular weight excluding hydrogens is 244 g/mol. The Hall–Kier alpha value is -1.10. The van der Waals surface area contributed by atoms with Crippen molar-refractivity contribution in [1.29, 1.82) is 0 Å². The number of rotatable bonds is 5. The van der Waals surface area contributed by atoms with Gasteiger partial charge in [-0.3, -0.25) is 9.59 Å². The molecule has 0 saturated heterocycles. The predicted octanol–water partition coefficient (Wildman–Crippen LogP) is 1.65. The Morgan fingerprint density at radius 2 is 1.84 bits per heavy atom. The summed E-state index contributed by atoms with van der Waals surface area (Å²) in [6.07, 6.45) is 3.68. The van der Waals surface area contributed by atoms with Crippen LogP contribution in [0.1, 0.15) is 59.3 Å². The lowest BCUT2D eigenvalue weighted by atomic mass is 9.85. The van der Waals surface area contributed by atoms with Gasteiger partial charge in [0.1, 0.15) is 0 Å². The minimum atomic E-state index is -0.859. The Kier molecular flexibility index (Phi) is 4.96.